The molecule has 0 atom stereocenters. The fraction of sp³-hybridized carbons (Fsp3) is 0.111. The summed E-state index contributed by atoms with van der Waals surface area (Å²) in [5.74, 6) is 0.688. The predicted octanol–water partition coefficient (Wildman–Crippen LogP) is 5.04. The standard InChI is InChI=1S/C18H14ClN5S2/c1-12-5-4-6-14(9-12)24-18(21-22-23-24)26-11-13-10-25-17(20-13)15-7-2-3-8-16(15)19/h2-10H,11H2,1H3. The highest BCUT2D eigenvalue weighted by Crippen LogP contribution is 2.31. The van der Waals surface area contributed by atoms with Gasteiger partial charge in [0.1, 0.15) is 5.01 Å². The summed E-state index contributed by atoms with van der Waals surface area (Å²) < 4.78 is 1.75. The molecule has 0 radical (unpaired) electrons. The number of tetrazole rings is 1. The first-order valence-electron chi connectivity index (χ1n) is 7.88. The van der Waals surface area contributed by atoms with Crippen molar-refractivity contribution in [2.24, 2.45) is 0 Å². The molecule has 0 spiro atoms. The molecule has 4 rings (SSSR count). The number of aryl methyl sites for hydroxylation is 1. The third-order valence-corrected chi connectivity index (χ3v) is 5.90. The van der Waals surface area contributed by atoms with E-state index in [1.165, 1.54) is 0 Å². The van der Waals surface area contributed by atoms with Gasteiger partial charge < -0.3 is 0 Å². The van der Waals surface area contributed by atoms with Gasteiger partial charge in [0.05, 0.1) is 16.4 Å². The summed E-state index contributed by atoms with van der Waals surface area (Å²) in [6, 6.07) is 15.8. The molecule has 5 nitrogen and oxygen atoms in total. The van der Waals surface area contributed by atoms with Crippen LogP contribution >= 0.6 is 34.7 Å². The van der Waals surface area contributed by atoms with E-state index < -0.39 is 0 Å². The molecule has 2 aromatic carbocycles. The molecule has 0 N–H and O–H groups in total. The zero-order valence-corrected chi connectivity index (χ0v) is 16.2. The van der Waals surface area contributed by atoms with E-state index in [4.69, 9.17) is 16.6 Å². The van der Waals surface area contributed by atoms with Crippen LogP contribution in [0.3, 0.4) is 0 Å². The molecule has 0 bridgehead atoms. The molecule has 0 saturated carbocycles. The Morgan fingerprint density at radius 1 is 1.15 bits per heavy atom. The van der Waals surface area contributed by atoms with Crippen LogP contribution in [0.25, 0.3) is 16.3 Å². The van der Waals surface area contributed by atoms with E-state index in [2.05, 4.69) is 21.6 Å². The van der Waals surface area contributed by atoms with E-state index in [0.717, 1.165) is 32.7 Å². The zero-order chi connectivity index (χ0) is 17.9. The van der Waals surface area contributed by atoms with Crippen LogP contribution in [0.2, 0.25) is 5.02 Å². The van der Waals surface area contributed by atoms with Gasteiger partial charge in [-0.1, -0.05) is 53.7 Å². The first-order chi connectivity index (χ1) is 12.7. The Morgan fingerprint density at radius 3 is 2.88 bits per heavy atom. The van der Waals surface area contributed by atoms with Crippen molar-refractivity contribution in [2.45, 2.75) is 17.8 Å². The van der Waals surface area contributed by atoms with E-state index in [1.807, 2.05) is 54.8 Å². The maximum absolute atomic E-state index is 6.26. The number of benzene rings is 2. The quantitative estimate of drug-likeness (QED) is 0.440. The molecule has 0 saturated heterocycles. The lowest BCUT2D eigenvalue weighted by molar-refractivity contribution is 0.755. The molecule has 8 heteroatoms. The van der Waals surface area contributed by atoms with Crippen LogP contribution in [0, 0.1) is 6.92 Å². The van der Waals surface area contributed by atoms with Crippen LogP contribution in [-0.4, -0.2) is 25.2 Å². The Morgan fingerprint density at radius 2 is 2.04 bits per heavy atom. The minimum absolute atomic E-state index is 0.688. The monoisotopic (exact) mass is 399 g/mol. The van der Waals surface area contributed by atoms with Crippen molar-refractivity contribution < 1.29 is 0 Å². The van der Waals surface area contributed by atoms with Gasteiger partial charge in [-0.25, -0.2) is 4.98 Å². The minimum atomic E-state index is 0.688. The van der Waals surface area contributed by atoms with Crippen molar-refractivity contribution in [2.75, 3.05) is 0 Å². The normalized spacial score (nSPS) is 11.0. The number of nitrogens with zero attached hydrogens (tertiary/aromatic N) is 5. The summed E-state index contributed by atoms with van der Waals surface area (Å²) in [6.07, 6.45) is 0. The van der Waals surface area contributed by atoms with Gasteiger partial charge in [0.2, 0.25) is 5.16 Å². The van der Waals surface area contributed by atoms with Crippen LogP contribution in [0.1, 0.15) is 11.3 Å². The summed E-state index contributed by atoms with van der Waals surface area (Å²) in [7, 11) is 0. The Hall–Kier alpha value is -2.22. The molecule has 130 valence electrons. The van der Waals surface area contributed by atoms with Crippen molar-refractivity contribution in [3.63, 3.8) is 0 Å². The molecular weight excluding hydrogens is 386 g/mol. The summed E-state index contributed by atoms with van der Waals surface area (Å²) in [6.45, 7) is 2.05. The molecule has 0 unspecified atom stereocenters. The maximum atomic E-state index is 6.26. The largest absolute Gasteiger partial charge is 0.240 e. The molecule has 0 fully saturated rings. The Kier molecular flexibility index (Phi) is 5.01. The second-order valence-electron chi connectivity index (χ2n) is 5.62. The lowest BCUT2D eigenvalue weighted by Gasteiger charge is -2.04. The topological polar surface area (TPSA) is 56.5 Å². The van der Waals surface area contributed by atoms with Crippen LogP contribution in [-0.2, 0) is 5.75 Å². The first-order valence-corrected chi connectivity index (χ1v) is 10.1. The summed E-state index contributed by atoms with van der Waals surface area (Å²) >= 11 is 9.41. The van der Waals surface area contributed by atoms with Gasteiger partial charge in [-0.2, -0.15) is 4.68 Å². The summed E-state index contributed by atoms with van der Waals surface area (Å²) in [4.78, 5) is 4.69. The van der Waals surface area contributed by atoms with Gasteiger partial charge in [0.15, 0.2) is 0 Å². The Balaban J connectivity index is 1.51. The van der Waals surface area contributed by atoms with Crippen molar-refractivity contribution in [3.8, 4) is 16.3 Å². The third-order valence-electron chi connectivity index (χ3n) is 3.69. The highest BCUT2D eigenvalue weighted by Gasteiger charge is 2.12. The lowest BCUT2D eigenvalue weighted by Crippen LogP contribution is -1.99. The van der Waals surface area contributed by atoms with Gasteiger partial charge in [0.25, 0.3) is 0 Å². The van der Waals surface area contributed by atoms with Crippen LogP contribution < -0.4 is 0 Å². The van der Waals surface area contributed by atoms with E-state index in [1.54, 1.807) is 27.8 Å². The van der Waals surface area contributed by atoms with Gasteiger partial charge in [-0.3, -0.25) is 0 Å². The molecular formula is C18H14ClN5S2. The first kappa shape index (κ1) is 17.2. The van der Waals surface area contributed by atoms with Crippen molar-refractivity contribution >= 4 is 34.7 Å². The number of aromatic nitrogens is 5. The molecule has 26 heavy (non-hydrogen) atoms. The van der Waals surface area contributed by atoms with Gasteiger partial charge in [-0.05, 0) is 41.1 Å². The van der Waals surface area contributed by atoms with Crippen molar-refractivity contribution in [1.82, 2.24) is 25.2 Å². The summed E-state index contributed by atoms with van der Waals surface area (Å²) in [5, 5.41) is 16.5. The molecule has 2 aromatic heterocycles. The van der Waals surface area contributed by atoms with E-state index >= 15 is 0 Å². The van der Waals surface area contributed by atoms with E-state index in [0.29, 0.717) is 10.8 Å². The second-order valence-corrected chi connectivity index (χ2v) is 7.83. The van der Waals surface area contributed by atoms with Crippen LogP contribution in [0.15, 0.2) is 59.1 Å². The second kappa shape index (κ2) is 7.57. The number of hydrogen-bond donors (Lipinski definition) is 0. The molecule has 0 aliphatic heterocycles. The third kappa shape index (κ3) is 3.65. The van der Waals surface area contributed by atoms with Crippen LogP contribution in [0.4, 0.5) is 0 Å². The lowest BCUT2D eigenvalue weighted by atomic mass is 10.2. The number of halogens is 1. The highest BCUT2D eigenvalue weighted by atomic mass is 35.5. The fourth-order valence-corrected chi connectivity index (χ4v) is 4.49. The molecule has 2 heterocycles. The minimum Gasteiger partial charge on any atom is -0.240 e. The molecule has 0 aliphatic carbocycles. The van der Waals surface area contributed by atoms with Crippen molar-refractivity contribution in [1.29, 1.82) is 0 Å². The molecule has 0 amide bonds. The maximum Gasteiger partial charge on any atom is 0.214 e. The van der Waals surface area contributed by atoms with Crippen molar-refractivity contribution in [3.05, 3.63) is 70.2 Å². The number of thioether (sulfide) groups is 1. The number of thiazole rings is 1. The van der Waals surface area contributed by atoms with Gasteiger partial charge in [-0.15, -0.1) is 16.4 Å². The Bertz CT molecular complexity index is 1040. The predicted molar refractivity (Wildman–Crippen MR) is 106 cm³/mol. The van der Waals surface area contributed by atoms with E-state index in [-0.39, 0.29) is 0 Å². The molecule has 0 aliphatic rings. The average molecular weight is 400 g/mol. The SMILES string of the molecule is Cc1cccc(-n2nnnc2SCc2csc(-c3ccccc3Cl)n2)c1. The van der Waals surface area contributed by atoms with Gasteiger partial charge >= 0.3 is 0 Å². The molecule has 4 aromatic rings. The number of hydrogen-bond acceptors (Lipinski definition) is 6. The fourth-order valence-electron chi connectivity index (χ4n) is 2.46. The Labute approximate surface area is 164 Å². The van der Waals surface area contributed by atoms with E-state index in [9.17, 15) is 0 Å². The smallest absolute Gasteiger partial charge is 0.214 e. The van der Waals surface area contributed by atoms with Gasteiger partial charge in [0, 0.05) is 16.7 Å². The number of rotatable bonds is 5. The average Bonchev–Trinajstić information content (AvgIpc) is 3.30. The summed E-state index contributed by atoms with van der Waals surface area (Å²) in [5.41, 5.74) is 4.05. The van der Waals surface area contributed by atoms with Crippen LogP contribution in [0.5, 0.6) is 0 Å². The highest BCUT2D eigenvalue weighted by molar-refractivity contribution is 7.98. The zero-order valence-electron chi connectivity index (χ0n) is 13.8.